The molecule has 0 spiro atoms. The molecule has 0 aliphatic heterocycles. The number of methoxy groups -OCH3 is 1. The van der Waals surface area contributed by atoms with Crippen molar-refractivity contribution in [2.24, 2.45) is 5.41 Å². The maximum Gasteiger partial charge on any atom is 0.358 e. The van der Waals surface area contributed by atoms with Crippen LogP contribution in [0.3, 0.4) is 0 Å². The molecular weight excluding hydrogens is 234 g/mol. The van der Waals surface area contributed by atoms with Crippen molar-refractivity contribution in [2.45, 2.75) is 19.3 Å². The quantitative estimate of drug-likeness (QED) is 0.729. The maximum absolute atomic E-state index is 11.2. The minimum absolute atomic E-state index is 0.194. The van der Waals surface area contributed by atoms with E-state index < -0.39 is 5.97 Å². The van der Waals surface area contributed by atoms with Crippen LogP contribution in [0.1, 0.15) is 29.8 Å². The third-order valence-electron chi connectivity index (χ3n) is 3.30. The fourth-order valence-electron chi connectivity index (χ4n) is 1.85. The second-order valence-electron chi connectivity index (χ2n) is 4.62. The zero-order valence-corrected chi connectivity index (χ0v) is 10.3. The molecule has 6 heteroatoms. The van der Waals surface area contributed by atoms with Gasteiger partial charge in [-0.05, 0) is 36.8 Å². The van der Waals surface area contributed by atoms with E-state index in [-0.39, 0.29) is 17.7 Å². The Morgan fingerprint density at radius 3 is 2.78 bits per heavy atom. The van der Waals surface area contributed by atoms with Crippen LogP contribution in [0, 0.1) is 5.41 Å². The Labute approximate surface area is 105 Å². The van der Waals surface area contributed by atoms with Crippen LogP contribution in [-0.4, -0.2) is 41.5 Å². The third-order valence-corrected chi connectivity index (χ3v) is 3.30. The average molecular weight is 251 g/mol. The number of aromatic nitrogens is 2. The minimum atomic E-state index is -0.493. The highest BCUT2D eigenvalue weighted by Crippen LogP contribution is 2.48. The molecule has 0 radical (unpaired) electrons. The van der Waals surface area contributed by atoms with E-state index >= 15 is 0 Å². The van der Waals surface area contributed by atoms with Crippen molar-refractivity contribution in [3.05, 3.63) is 17.8 Å². The number of hydrogen-bond acceptors (Lipinski definition) is 6. The van der Waals surface area contributed by atoms with Crippen LogP contribution in [-0.2, 0) is 4.74 Å². The monoisotopic (exact) mass is 251 g/mol. The highest BCUT2D eigenvalue weighted by Gasteiger charge is 2.41. The van der Waals surface area contributed by atoms with E-state index in [1.54, 1.807) is 12.1 Å². The third kappa shape index (κ3) is 2.95. The van der Waals surface area contributed by atoms with Gasteiger partial charge in [0, 0.05) is 13.2 Å². The van der Waals surface area contributed by atoms with E-state index in [0.717, 1.165) is 25.8 Å². The summed E-state index contributed by atoms with van der Waals surface area (Å²) >= 11 is 0. The van der Waals surface area contributed by atoms with Crippen molar-refractivity contribution >= 4 is 11.8 Å². The number of nitrogens with one attached hydrogen (secondary N) is 1. The van der Waals surface area contributed by atoms with Gasteiger partial charge in [-0.25, -0.2) is 4.79 Å². The molecule has 2 rings (SSSR count). The molecule has 1 fully saturated rings. The summed E-state index contributed by atoms with van der Waals surface area (Å²) in [6.07, 6.45) is 3.08. The van der Waals surface area contributed by atoms with E-state index in [4.69, 9.17) is 5.11 Å². The van der Waals surface area contributed by atoms with Crippen LogP contribution in [0.15, 0.2) is 12.1 Å². The number of aliphatic hydroxyl groups excluding tert-OH is 1. The number of nitrogens with zero attached hydrogens (tertiary/aromatic N) is 2. The number of hydrogen-bond donors (Lipinski definition) is 2. The normalized spacial score (nSPS) is 16.1. The van der Waals surface area contributed by atoms with Gasteiger partial charge in [-0.3, -0.25) is 0 Å². The molecule has 6 nitrogen and oxygen atoms in total. The molecule has 0 saturated heterocycles. The van der Waals surface area contributed by atoms with Gasteiger partial charge in [0.1, 0.15) is 5.82 Å². The molecule has 2 N–H and O–H groups in total. The van der Waals surface area contributed by atoms with Crippen LogP contribution in [0.25, 0.3) is 0 Å². The number of carbonyl (C=O) groups excluding carboxylic acids is 1. The average Bonchev–Trinajstić information content (AvgIpc) is 3.17. The van der Waals surface area contributed by atoms with E-state index in [1.807, 2.05) is 0 Å². The molecule has 0 aromatic carbocycles. The summed E-state index contributed by atoms with van der Waals surface area (Å²) in [6.45, 7) is 0.994. The van der Waals surface area contributed by atoms with Crippen molar-refractivity contribution in [1.82, 2.24) is 10.2 Å². The lowest BCUT2D eigenvalue weighted by Crippen LogP contribution is -2.18. The first-order valence-corrected chi connectivity index (χ1v) is 5.96. The van der Waals surface area contributed by atoms with Crippen molar-refractivity contribution in [1.29, 1.82) is 0 Å². The van der Waals surface area contributed by atoms with E-state index in [2.05, 4.69) is 20.3 Å². The zero-order chi connectivity index (χ0) is 13.0. The second-order valence-corrected chi connectivity index (χ2v) is 4.62. The van der Waals surface area contributed by atoms with Crippen LogP contribution in [0.5, 0.6) is 0 Å². The maximum atomic E-state index is 11.2. The van der Waals surface area contributed by atoms with Gasteiger partial charge in [0.2, 0.25) is 0 Å². The number of carbonyl (C=O) groups is 1. The smallest absolute Gasteiger partial charge is 0.358 e. The van der Waals surface area contributed by atoms with Gasteiger partial charge >= 0.3 is 5.97 Å². The van der Waals surface area contributed by atoms with Crippen molar-refractivity contribution in [3.8, 4) is 0 Å². The summed E-state index contributed by atoms with van der Waals surface area (Å²) in [5, 5.41) is 19.8. The van der Waals surface area contributed by atoms with Gasteiger partial charge in [0.05, 0.1) is 7.11 Å². The van der Waals surface area contributed by atoms with E-state index in [0.29, 0.717) is 5.82 Å². The standard InChI is InChI=1S/C12H17N3O3/c1-18-11(17)9-2-3-10(15-14-9)13-8-12(4-5-12)6-7-16/h2-3,16H,4-8H2,1H3,(H,13,15). The summed E-state index contributed by atoms with van der Waals surface area (Å²) in [6, 6.07) is 3.28. The zero-order valence-electron chi connectivity index (χ0n) is 10.3. The Morgan fingerprint density at radius 1 is 1.50 bits per heavy atom. The van der Waals surface area contributed by atoms with Crippen LogP contribution < -0.4 is 5.32 Å². The predicted molar refractivity (Wildman–Crippen MR) is 65.2 cm³/mol. The van der Waals surface area contributed by atoms with E-state index in [1.165, 1.54) is 7.11 Å². The fourth-order valence-corrected chi connectivity index (χ4v) is 1.85. The molecule has 1 aliphatic carbocycles. The number of anilines is 1. The molecule has 1 saturated carbocycles. The van der Waals surface area contributed by atoms with Crippen molar-refractivity contribution < 1.29 is 14.6 Å². The van der Waals surface area contributed by atoms with Gasteiger partial charge in [-0.2, -0.15) is 0 Å². The molecule has 18 heavy (non-hydrogen) atoms. The Kier molecular flexibility index (Phi) is 3.76. The molecule has 1 aliphatic rings. The van der Waals surface area contributed by atoms with Gasteiger partial charge < -0.3 is 15.2 Å². The Balaban J connectivity index is 1.89. The lowest BCUT2D eigenvalue weighted by molar-refractivity contribution is 0.0592. The highest BCUT2D eigenvalue weighted by atomic mass is 16.5. The predicted octanol–water partition coefficient (Wildman–Crippen LogP) is 0.838. The van der Waals surface area contributed by atoms with Gasteiger partial charge in [0.15, 0.2) is 5.69 Å². The molecule has 0 bridgehead atoms. The highest BCUT2D eigenvalue weighted by molar-refractivity contribution is 5.86. The topological polar surface area (TPSA) is 84.3 Å². The lowest BCUT2D eigenvalue weighted by atomic mass is 10.0. The van der Waals surface area contributed by atoms with Gasteiger partial charge in [-0.15, -0.1) is 10.2 Å². The van der Waals surface area contributed by atoms with Crippen molar-refractivity contribution in [2.75, 3.05) is 25.6 Å². The summed E-state index contributed by atoms with van der Waals surface area (Å²) < 4.78 is 4.54. The summed E-state index contributed by atoms with van der Waals surface area (Å²) in [7, 11) is 1.31. The molecule has 0 amide bonds. The van der Waals surface area contributed by atoms with Crippen LogP contribution in [0.4, 0.5) is 5.82 Å². The molecule has 0 unspecified atom stereocenters. The molecule has 0 atom stereocenters. The fraction of sp³-hybridized carbons (Fsp3) is 0.583. The first kappa shape index (κ1) is 12.8. The first-order chi connectivity index (χ1) is 8.69. The Hall–Kier alpha value is -1.69. The molecular formula is C12H17N3O3. The Morgan fingerprint density at radius 2 is 2.28 bits per heavy atom. The van der Waals surface area contributed by atoms with Gasteiger partial charge in [-0.1, -0.05) is 0 Å². The molecule has 1 heterocycles. The SMILES string of the molecule is COC(=O)c1ccc(NCC2(CCO)CC2)nn1. The van der Waals surface area contributed by atoms with E-state index in [9.17, 15) is 4.79 Å². The number of ether oxygens (including phenoxy) is 1. The van der Waals surface area contributed by atoms with Gasteiger partial charge in [0.25, 0.3) is 0 Å². The lowest BCUT2D eigenvalue weighted by Gasteiger charge is -2.14. The second kappa shape index (κ2) is 5.30. The number of rotatable bonds is 6. The molecule has 98 valence electrons. The summed E-state index contributed by atoms with van der Waals surface area (Å²) in [5.74, 6) is 0.139. The van der Waals surface area contributed by atoms with Crippen LogP contribution in [0.2, 0.25) is 0 Å². The minimum Gasteiger partial charge on any atom is -0.464 e. The largest absolute Gasteiger partial charge is 0.464 e. The Bertz CT molecular complexity index is 415. The number of esters is 1. The summed E-state index contributed by atoms with van der Waals surface area (Å²) in [5.41, 5.74) is 0.414. The molecule has 1 aromatic heterocycles. The molecule has 1 aromatic rings. The van der Waals surface area contributed by atoms with Crippen LogP contribution >= 0.6 is 0 Å². The first-order valence-electron chi connectivity index (χ1n) is 5.96. The number of aliphatic hydroxyl groups is 1. The summed E-state index contributed by atoms with van der Waals surface area (Å²) in [4.78, 5) is 11.2. The van der Waals surface area contributed by atoms with Crippen molar-refractivity contribution in [3.63, 3.8) is 0 Å².